The van der Waals surface area contributed by atoms with Crippen LogP contribution in [0, 0.1) is 12.3 Å². The summed E-state index contributed by atoms with van der Waals surface area (Å²) >= 11 is 1.51. The molecule has 1 atom stereocenters. The first-order valence-electron chi connectivity index (χ1n) is 4.53. The average Bonchev–Trinajstić information content (AvgIpc) is 2.52. The van der Waals surface area contributed by atoms with Crippen LogP contribution in [0.25, 0.3) is 0 Å². The minimum absolute atomic E-state index is 0. The second kappa shape index (κ2) is 10.2. The SMILES string of the molecule is C1=CCC2CC[CH-]C2=C1.C[CH]=[Zr+2].[Cl-].[Cl-]. The van der Waals surface area contributed by atoms with E-state index in [-0.39, 0.29) is 24.8 Å². The number of hydrogen-bond acceptors (Lipinski definition) is 0. The summed E-state index contributed by atoms with van der Waals surface area (Å²) in [5, 5.41) is 0. The molecule has 0 radical (unpaired) electrons. The Labute approximate surface area is 114 Å². The summed E-state index contributed by atoms with van der Waals surface area (Å²) in [6.07, 6.45) is 13.0. The van der Waals surface area contributed by atoms with Gasteiger partial charge < -0.3 is 24.8 Å². The molecule has 2 rings (SSSR count). The summed E-state index contributed by atoms with van der Waals surface area (Å²) in [5.74, 6) is 0.884. The van der Waals surface area contributed by atoms with Crippen molar-refractivity contribution in [2.45, 2.75) is 26.2 Å². The maximum absolute atomic E-state index is 2.37. The minimum Gasteiger partial charge on any atom is -1.00 e. The van der Waals surface area contributed by atoms with Gasteiger partial charge in [-0.25, -0.2) is 18.1 Å². The zero-order valence-corrected chi connectivity index (χ0v) is 12.3. The Morgan fingerprint density at radius 3 is 2.71 bits per heavy atom. The third-order valence-electron chi connectivity index (χ3n) is 2.21. The molecule has 2 aliphatic rings. The third kappa shape index (κ3) is 5.54. The van der Waals surface area contributed by atoms with Crippen LogP contribution in [-0.4, -0.2) is 3.71 Å². The summed E-state index contributed by atoms with van der Waals surface area (Å²) in [6.45, 7) is 2.04. The Hall–Kier alpha value is 0.683. The molecule has 0 saturated heterocycles. The quantitative estimate of drug-likeness (QED) is 0.415. The normalized spacial score (nSPS) is 21.1. The van der Waals surface area contributed by atoms with Crippen LogP contribution in [0.4, 0.5) is 0 Å². The molecule has 0 heterocycles. The van der Waals surface area contributed by atoms with Crippen LogP contribution in [0.5, 0.6) is 0 Å². The van der Waals surface area contributed by atoms with Crippen LogP contribution < -0.4 is 24.8 Å². The van der Waals surface area contributed by atoms with E-state index in [1.807, 2.05) is 6.92 Å². The molecule has 0 aromatic heterocycles. The van der Waals surface area contributed by atoms with E-state index in [1.165, 1.54) is 43.5 Å². The van der Waals surface area contributed by atoms with E-state index in [2.05, 4.69) is 28.4 Å². The van der Waals surface area contributed by atoms with Crippen molar-refractivity contribution in [3.8, 4) is 0 Å². The van der Waals surface area contributed by atoms with Crippen LogP contribution in [0.15, 0.2) is 23.8 Å². The van der Waals surface area contributed by atoms with Crippen molar-refractivity contribution >= 4 is 3.71 Å². The molecule has 0 aromatic rings. The van der Waals surface area contributed by atoms with Gasteiger partial charge >= 0.3 is 34.9 Å². The van der Waals surface area contributed by atoms with Gasteiger partial charge in [0.1, 0.15) is 0 Å². The molecule has 14 heavy (non-hydrogen) atoms. The largest absolute Gasteiger partial charge is 1.00 e. The van der Waals surface area contributed by atoms with Gasteiger partial charge in [0.2, 0.25) is 0 Å². The van der Waals surface area contributed by atoms with Crippen molar-refractivity contribution in [1.29, 1.82) is 0 Å². The van der Waals surface area contributed by atoms with Gasteiger partial charge in [-0.15, -0.1) is 18.6 Å². The molecule has 0 spiro atoms. The molecular weight excluding hydrogens is 294 g/mol. The zero-order chi connectivity index (χ0) is 8.81. The molecule has 0 aliphatic heterocycles. The first kappa shape index (κ1) is 17.1. The van der Waals surface area contributed by atoms with Gasteiger partial charge in [-0.1, -0.05) is 6.42 Å². The van der Waals surface area contributed by atoms with Gasteiger partial charge in [-0.3, -0.25) is 0 Å². The van der Waals surface area contributed by atoms with E-state index >= 15 is 0 Å². The van der Waals surface area contributed by atoms with Gasteiger partial charge in [0.25, 0.3) is 0 Å². The topological polar surface area (TPSA) is 0 Å². The second-order valence-corrected chi connectivity index (χ2v) is 4.52. The van der Waals surface area contributed by atoms with Gasteiger partial charge in [0.15, 0.2) is 0 Å². The van der Waals surface area contributed by atoms with Crippen LogP contribution in [-0.2, 0) is 24.2 Å². The van der Waals surface area contributed by atoms with Crippen LogP contribution in [0.3, 0.4) is 0 Å². The van der Waals surface area contributed by atoms with Crippen molar-refractivity contribution in [2.75, 3.05) is 0 Å². The van der Waals surface area contributed by atoms with E-state index in [9.17, 15) is 0 Å². The smallest absolute Gasteiger partial charge is 1.00 e. The Balaban J connectivity index is 0. The Morgan fingerprint density at radius 1 is 1.50 bits per heavy atom. The van der Waals surface area contributed by atoms with E-state index in [4.69, 9.17) is 0 Å². The molecule has 2 aliphatic carbocycles. The summed E-state index contributed by atoms with van der Waals surface area (Å²) in [6, 6.07) is 0. The molecular formula is C11H15Cl2Zr-. The summed E-state index contributed by atoms with van der Waals surface area (Å²) in [5.41, 5.74) is 1.58. The maximum Gasteiger partial charge on any atom is -1.00 e. The Bertz CT molecular complexity index is 209. The maximum atomic E-state index is 2.37. The van der Waals surface area contributed by atoms with Gasteiger partial charge in [-0.05, 0) is 12.3 Å². The fraction of sp³-hybridized carbons (Fsp3) is 0.455. The fourth-order valence-electron chi connectivity index (χ4n) is 1.66. The molecule has 0 nitrogen and oxygen atoms in total. The molecule has 0 amide bonds. The number of halogens is 2. The van der Waals surface area contributed by atoms with Crippen molar-refractivity contribution in [1.82, 2.24) is 0 Å². The molecule has 1 saturated carbocycles. The number of hydrogen-bond donors (Lipinski definition) is 0. The molecule has 3 heteroatoms. The van der Waals surface area contributed by atoms with Crippen molar-refractivity contribution in [3.05, 3.63) is 30.2 Å². The monoisotopic (exact) mass is 307 g/mol. The zero-order valence-electron chi connectivity index (χ0n) is 8.34. The van der Waals surface area contributed by atoms with Gasteiger partial charge in [0.05, 0.1) is 0 Å². The minimum atomic E-state index is 0. The Morgan fingerprint density at radius 2 is 2.14 bits per heavy atom. The standard InChI is InChI=1S/C9H11.C2H4.2ClH.Zr/c1-2-5-9-7-3-6-8(9)4-1;1-2;;;/h1-2,4,6,9H,3,5,7H2;1H,2H3;2*1H;/q-1;;;;+2/p-2. The summed E-state index contributed by atoms with van der Waals surface area (Å²) in [4.78, 5) is 0. The fourth-order valence-corrected chi connectivity index (χ4v) is 1.66. The Kier molecular flexibility index (Phi) is 12.5. The van der Waals surface area contributed by atoms with Crippen LogP contribution >= 0.6 is 0 Å². The summed E-state index contributed by atoms with van der Waals surface area (Å²) < 4.78 is 2.09. The first-order valence-corrected chi connectivity index (χ1v) is 5.95. The average molecular weight is 309 g/mol. The summed E-state index contributed by atoms with van der Waals surface area (Å²) in [7, 11) is 0. The van der Waals surface area contributed by atoms with Crippen molar-refractivity contribution in [3.63, 3.8) is 0 Å². The van der Waals surface area contributed by atoms with Crippen molar-refractivity contribution in [2.24, 2.45) is 5.92 Å². The van der Waals surface area contributed by atoms with Crippen LogP contribution in [0.2, 0.25) is 0 Å². The molecule has 1 fully saturated rings. The molecule has 1 unspecified atom stereocenters. The number of allylic oxidation sites excluding steroid dienone is 4. The van der Waals surface area contributed by atoms with Crippen LogP contribution in [0.1, 0.15) is 26.2 Å². The van der Waals surface area contributed by atoms with E-state index in [0.717, 1.165) is 5.92 Å². The molecule has 78 valence electrons. The predicted molar refractivity (Wildman–Crippen MR) is 50.6 cm³/mol. The number of fused-ring (bicyclic) bond motifs is 1. The van der Waals surface area contributed by atoms with Gasteiger partial charge in [0, 0.05) is 0 Å². The number of rotatable bonds is 0. The van der Waals surface area contributed by atoms with E-state index < -0.39 is 0 Å². The third-order valence-corrected chi connectivity index (χ3v) is 2.21. The molecule has 0 aromatic carbocycles. The van der Waals surface area contributed by atoms with Crippen molar-refractivity contribution < 1.29 is 49.0 Å². The first-order chi connectivity index (χ1) is 5.88. The second-order valence-electron chi connectivity index (χ2n) is 3.10. The molecule has 0 bridgehead atoms. The predicted octanol–water partition coefficient (Wildman–Crippen LogP) is -3.15. The molecule has 0 N–H and O–H groups in total. The van der Waals surface area contributed by atoms with E-state index in [0.29, 0.717) is 0 Å². The van der Waals surface area contributed by atoms with Gasteiger partial charge in [-0.2, -0.15) is 0 Å². The van der Waals surface area contributed by atoms with E-state index in [1.54, 1.807) is 5.57 Å².